The zero-order valence-electron chi connectivity index (χ0n) is 10.2. The van der Waals surface area contributed by atoms with Crippen molar-refractivity contribution in [1.29, 1.82) is 0 Å². The number of carbonyl (C=O) groups excluding carboxylic acids is 1. The number of aliphatic hydroxyl groups excluding tert-OH is 1. The number of rotatable bonds is 6. The molecular formula is C13H19NO2S. The van der Waals surface area contributed by atoms with Gasteiger partial charge in [0, 0.05) is 11.7 Å². The number of thioether (sulfide) groups is 1. The van der Waals surface area contributed by atoms with Gasteiger partial charge in [-0.2, -0.15) is 11.8 Å². The van der Waals surface area contributed by atoms with Crippen molar-refractivity contribution in [1.82, 2.24) is 5.32 Å². The molecule has 0 aliphatic heterocycles. The average Bonchev–Trinajstić information content (AvgIpc) is 2.36. The Hall–Kier alpha value is -1.00. The summed E-state index contributed by atoms with van der Waals surface area (Å²) in [5.41, 5.74) is 0.931. The lowest BCUT2D eigenvalue weighted by Crippen LogP contribution is -2.32. The number of aliphatic hydroxyl groups is 1. The number of nitrogens with one attached hydrogen (secondary N) is 1. The summed E-state index contributed by atoms with van der Waals surface area (Å²) in [6.07, 6.45) is 2.46. The van der Waals surface area contributed by atoms with E-state index >= 15 is 0 Å². The van der Waals surface area contributed by atoms with Gasteiger partial charge in [-0.1, -0.05) is 37.3 Å². The molecule has 0 heterocycles. The quantitative estimate of drug-likeness (QED) is 0.815. The molecule has 0 radical (unpaired) electrons. The summed E-state index contributed by atoms with van der Waals surface area (Å²) in [6, 6.07) is 9.20. The summed E-state index contributed by atoms with van der Waals surface area (Å²) >= 11 is 1.66. The van der Waals surface area contributed by atoms with Crippen molar-refractivity contribution in [3.05, 3.63) is 35.9 Å². The van der Waals surface area contributed by atoms with Crippen LogP contribution in [0, 0.1) is 0 Å². The van der Waals surface area contributed by atoms with E-state index in [0.29, 0.717) is 11.7 Å². The second-order valence-corrected chi connectivity index (χ2v) is 5.24. The Morgan fingerprint density at radius 2 is 2.06 bits per heavy atom. The van der Waals surface area contributed by atoms with Gasteiger partial charge in [-0.25, -0.2) is 0 Å². The highest BCUT2D eigenvalue weighted by molar-refractivity contribution is 7.99. The van der Waals surface area contributed by atoms with Gasteiger partial charge < -0.3 is 10.4 Å². The van der Waals surface area contributed by atoms with E-state index in [9.17, 15) is 9.90 Å². The topological polar surface area (TPSA) is 49.3 Å². The highest BCUT2D eigenvalue weighted by Crippen LogP contribution is 2.14. The first-order valence-electron chi connectivity index (χ1n) is 5.65. The lowest BCUT2D eigenvalue weighted by molar-refractivity contribution is -0.122. The molecule has 0 saturated carbocycles. The van der Waals surface area contributed by atoms with Crippen molar-refractivity contribution in [2.45, 2.75) is 24.6 Å². The minimum absolute atomic E-state index is 0.0187. The second kappa shape index (κ2) is 7.35. The van der Waals surface area contributed by atoms with Gasteiger partial charge in [-0.15, -0.1) is 0 Å². The Morgan fingerprint density at radius 3 is 2.59 bits per heavy atom. The fourth-order valence-electron chi connectivity index (χ4n) is 1.52. The maximum Gasteiger partial charge on any atom is 0.221 e. The van der Waals surface area contributed by atoms with Crippen LogP contribution in [-0.2, 0) is 4.79 Å². The van der Waals surface area contributed by atoms with Gasteiger partial charge in [-0.05, 0) is 11.8 Å². The molecular weight excluding hydrogens is 234 g/mol. The molecule has 0 aromatic heterocycles. The lowest BCUT2D eigenvalue weighted by atomic mass is 10.1. The Balaban J connectivity index is 2.56. The molecule has 1 rings (SSSR count). The molecule has 1 aromatic carbocycles. The summed E-state index contributed by atoms with van der Waals surface area (Å²) < 4.78 is 0. The lowest BCUT2D eigenvalue weighted by Gasteiger charge is -2.17. The van der Waals surface area contributed by atoms with Crippen LogP contribution in [-0.4, -0.2) is 29.1 Å². The van der Waals surface area contributed by atoms with Gasteiger partial charge in [0.15, 0.2) is 0 Å². The smallest absolute Gasteiger partial charge is 0.221 e. The number of hydrogen-bond donors (Lipinski definition) is 2. The van der Waals surface area contributed by atoms with Crippen molar-refractivity contribution < 1.29 is 9.90 Å². The first-order valence-corrected chi connectivity index (χ1v) is 6.94. The Labute approximate surface area is 107 Å². The van der Waals surface area contributed by atoms with E-state index in [4.69, 9.17) is 0 Å². The van der Waals surface area contributed by atoms with E-state index in [1.165, 1.54) is 0 Å². The highest BCUT2D eigenvalue weighted by Gasteiger charge is 2.14. The van der Waals surface area contributed by atoms with Crippen molar-refractivity contribution in [3.8, 4) is 0 Å². The number of amides is 1. The Kier molecular flexibility index (Phi) is 6.08. The fourth-order valence-corrected chi connectivity index (χ4v) is 1.84. The molecule has 2 N–H and O–H groups in total. The van der Waals surface area contributed by atoms with Crippen LogP contribution < -0.4 is 5.32 Å². The van der Waals surface area contributed by atoms with Gasteiger partial charge in [0.05, 0.1) is 12.6 Å². The van der Waals surface area contributed by atoms with E-state index in [1.807, 2.05) is 43.5 Å². The van der Waals surface area contributed by atoms with Gasteiger partial charge in [0.25, 0.3) is 0 Å². The molecule has 1 aromatic rings. The van der Waals surface area contributed by atoms with Crippen molar-refractivity contribution in [2.24, 2.45) is 0 Å². The fraction of sp³-hybridized carbons (Fsp3) is 0.462. The second-order valence-electron chi connectivity index (χ2n) is 3.96. The Bertz CT molecular complexity index is 343. The van der Waals surface area contributed by atoms with Gasteiger partial charge in [-0.3, -0.25) is 4.79 Å². The third kappa shape index (κ3) is 4.79. The molecule has 2 atom stereocenters. The third-order valence-electron chi connectivity index (χ3n) is 2.59. The molecule has 0 unspecified atom stereocenters. The standard InChI is InChI=1S/C13H19NO2S/c1-10(17-2)8-13(16)14-12(9-15)11-6-4-3-5-7-11/h3-7,10,12,15H,8-9H2,1-2H3,(H,14,16)/t10-,12-/m0/s1. The minimum atomic E-state index is -0.308. The van der Waals surface area contributed by atoms with Crippen LogP contribution in [0.1, 0.15) is 24.9 Å². The van der Waals surface area contributed by atoms with E-state index in [1.54, 1.807) is 11.8 Å². The predicted octanol–water partition coefficient (Wildman–Crippen LogP) is 1.98. The van der Waals surface area contributed by atoms with Crippen LogP contribution in [0.4, 0.5) is 0 Å². The summed E-state index contributed by atoms with van der Waals surface area (Å²) in [5, 5.41) is 12.4. The molecule has 94 valence electrons. The minimum Gasteiger partial charge on any atom is -0.394 e. The molecule has 3 nitrogen and oxygen atoms in total. The van der Waals surface area contributed by atoms with E-state index in [2.05, 4.69) is 5.32 Å². The zero-order valence-corrected chi connectivity index (χ0v) is 11.0. The van der Waals surface area contributed by atoms with Crippen LogP contribution in [0.2, 0.25) is 0 Å². The highest BCUT2D eigenvalue weighted by atomic mass is 32.2. The first-order chi connectivity index (χ1) is 8.17. The largest absolute Gasteiger partial charge is 0.394 e. The maximum atomic E-state index is 11.7. The molecule has 0 aliphatic rings. The van der Waals surface area contributed by atoms with Crippen LogP contribution >= 0.6 is 11.8 Å². The van der Waals surface area contributed by atoms with Crippen molar-refractivity contribution >= 4 is 17.7 Å². The normalized spacial score (nSPS) is 14.1. The number of benzene rings is 1. The van der Waals surface area contributed by atoms with Gasteiger partial charge >= 0.3 is 0 Å². The van der Waals surface area contributed by atoms with Gasteiger partial charge in [0.2, 0.25) is 5.91 Å². The maximum absolute atomic E-state index is 11.7. The van der Waals surface area contributed by atoms with Crippen LogP contribution in [0.15, 0.2) is 30.3 Å². The zero-order chi connectivity index (χ0) is 12.7. The molecule has 0 spiro atoms. The first kappa shape index (κ1) is 14.1. The van der Waals surface area contributed by atoms with Gasteiger partial charge in [0.1, 0.15) is 0 Å². The van der Waals surface area contributed by atoms with Crippen molar-refractivity contribution in [2.75, 3.05) is 12.9 Å². The summed E-state index contributed by atoms with van der Waals surface area (Å²) in [7, 11) is 0. The van der Waals surface area contributed by atoms with Crippen LogP contribution in [0.5, 0.6) is 0 Å². The molecule has 1 amide bonds. The Morgan fingerprint density at radius 1 is 1.41 bits per heavy atom. The summed E-state index contributed by atoms with van der Waals surface area (Å²) in [4.78, 5) is 11.7. The molecule has 17 heavy (non-hydrogen) atoms. The SMILES string of the molecule is CS[C@@H](C)CC(=O)N[C@@H](CO)c1ccccc1. The molecule has 0 fully saturated rings. The predicted molar refractivity (Wildman–Crippen MR) is 72.0 cm³/mol. The third-order valence-corrected chi connectivity index (χ3v) is 3.57. The number of hydrogen-bond acceptors (Lipinski definition) is 3. The van der Waals surface area contributed by atoms with E-state index in [-0.39, 0.29) is 18.6 Å². The van der Waals surface area contributed by atoms with Crippen LogP contribution in [0.3, 0.4) is 0 Å². The molecule has 4 heteroatoms. The average molecular weight is 253 g/mol. The van der Waals surface area contributed by atoms with E-state index < -0.39 is 0 Å². The van der Waals surface area contributed by atoms with Crippen LogP contribution in [0.25, 0.3) is 0 Å². The monoisotopic (exact) mass is 253 g/mol. The summed E-state index contributed by atoms with van der Waals surface area (Å²) in [5.74, 6) is -0.0187. The summed E-state index contributed by atoms with van der Waals surface area (Å²) in [6.45, 7) is 1.93. The molecule has 0 bridgehead atoms. The van der Waals surface area contributed by atoms with E-state index in [0.717, 1.165) is 5.56 Å². The molecule has 0 saturated heterocycles. The molecule has 0 aliphatic carbocycles. The number of carbonyl (C=O) groups is 1. The van der Waals surface area contributed by atoms with Crippen molar-refractivity contribution in [3.63, 3.8) is 0 Å².